The monoisotopic (exact) mass is 407 g/mol. The molecule has 0 aliphatic rings. The third-order valence-electron chi connectivity index (χ3n) is 4.08. The minimum Gasteiger partial charge on any atom is -0.457 e. The molecule has 28 heavy (non-hydrogen) atoms. The molecule has 0 saturated heterocycles. The number of hydrogen-bond donors (Lipinski definition) is 1. The van der Waals surface area contributed by atoms with Crippen molar-refractivity contribution in [2.45, 2.75) is 12.8 Å². The molecule has 0 spiro atoms. The number of anilines is 1. The van der Waals surface area contributed by atoms with E-state index in [1.807, 2.05) is 0 Å². The van der Waals surface area contributed by atoms with Gasteiger partial charge in [0, 0.05) is 31.1 Å². The number of ketones is 2. The molecule has 0 atom stereocenters. The van der Waals surface area contributed by atoms with Gasteiger partial charge in [0.15, 0.2) is 12.4 Å². The van der Waals surface area contributed by atoms with E-state index in [0.29, 0.717) is 10.6 Å². The maximum atomic E-state index is 12.2. The predicted molar refractivity (Wildman–Crippen MR) is 102 cm³/mol. The van der Waals surface area contributed by atoms with Crippen molar-refractivity contribution in [3.05, 3.63) is 61.3 Å². The summed E-state index contributed by atoms with van der Waals surface area (Å²) in [5.41, 5.74) is 4.07. The van der Waals surface area contributed by atoms with Crippen LogP contribution in [-0.2, 0) is 23.6 Å². The van der Waals surface area contributed by atoms with Crippen LogP contribution in [0.25, 0.3) is 0 Å². The van der Waals surface area contributed by atoms with Gasteiger partial charge in [-0.15, -0.1) is 0 Å². The van der Waals surface area contributed by atoms with Crippen molar-refractivity contribution >= 4 is 35.0 Å². The molecule has 2 aromatic rings. The van der Waals surface area contributed by atoms with Gasteiger partial charge in [-0.1, -0.05) is 11.6 Å². The molecule has 0 saturated carbocycles. The van der Waals surface area contributed by atoms with Gasteiger partial charge in [-0.2, -0.15) is 0 Å². The molecule has 0 aliphatic carbocycles. The lowest BCUT2D eigenvalue weighted by atomic mass is 10.1. The van der Waals surface area contributed by atoms with Crippen molar-refractivity contribution in [3.8, 4) is 0 Å². The van der Waals surface area contributed by atoms with Crippen molar-refractivity contribution in [2.24, 2.45) is 14.1 Å². The molecule has 1 heterocycles. The van der Waals surface area contributed by atoms with Crippen LogP contribution in [0.4, 0.5) is 5.82 Å². The molecule has 1 aromatic heterocycles. The lowest BCUT2D eigenvalue weighted by Gasteiger charge is -2.11. The van der Waals surface area contributed by atoms with Crippen LogP contribution in [0.1, 0.15) is 33.6 Å². The summed E-state index contributed by atoms with van der Waals surface area (Å²) in [6, 6.07) is 6.20. The lowest BCUT2D eigenvalue weighted by molar-refractivity contribution is -0.142. The maximum Gasteiger partial charge on any atom is 0.332 e. The number of aromatic nitrogens is 2. The van der Waals surface area contributed by atoms with Gasteiger partial charge in [-0.25, -0.2) is 4.79 Å². The van der Waals surface area contributed by atoms with Crippen LogP contribution < -0.4 is 17.0 Å². The van der Waals surface area contributed by atoms with Crippen LogP contribution in [0.3, 0.4) is 0 Å². The summed E-state index contributed by atoms with van der Waals surface area (Å²) in [6.45, 7) is -0.731. The number of Topliss-reactive ketones (excluding diaryl/α,β-unsaturated/α-hetero) is 2. The molecule has 1 aromatic carbocycles. The number of benzene rings is 1. The zero-order valence-electron chi connectivity index (χ0n) is 15.2. The quantitative estimate of drug-likeness (QED) is 0.528. The van der Waals surface area contributed by atoms with Gasteiger partial charge in [0.1, 0.15) is 11.4 Å². The van der Waals surface area contributed by atoms with Crippen molar-refractivity contribution in [2.75, 3.05) is 12.3 Å². The van der Waals surface area contributed by atoms with E-state index in [4.69, 9.17) is 22.1 Å². The largest absolute Gasteiger partial charge is 0.457 e. The van der Waals surface area contributed by atoms with Gasteiger partial charge >= 0.3 is 11.7 Å². The van der Waals surface area contributed by atoms with Gasteiger partial charge in [0.05, 0.1) is 6.42 Å². The summed E-state index contributed by atoms with van der Waals surface area (Å²) in [7, 11) is 2.51. The van der Waals surface area contributed by atoms with E-state index in [9.17, 15) is 24.0 Å². The number of nitrogens with zero attached hydrogens (tertiary/aromatic N) is 2. The Morgan fingerprint density at radius 2 is 1.61 bits per heavy atom. The van der Waals surface area contributed by atoms with E-state index in [1.165, 1.54) is 26.2 Å². The van der Waals surface area contributed by atoms with Crippen LogP contribution in [0.15, 0.2) is 33.9 Å². The van der Waals surface area contributed by atoms with Crippen LogP contribution in [-0.4, -0.2) is 33.3 Å². The van der Waals surface area contributed by atoms with E-state index in [1.54, 1.807) is 12.1 Å². The molecule has 10 heteroatoms. The molecule has 0 amide bonds. The van der Waals surface area contributed by atoms with Crippen LogP contribution >= 0.6 is 11.6 Å². The van der Waals surface area contributed by atoms with E-state index < -0.39 is 35.2 Å². The Kier molecular flexibility index (Phi) is 6.53. The fourth-order valence-corrected chi connectivity index (χ4v) is 2.53. The smallest absolute Gasteiger partial charge is 0.332 e. The van der Waals surface area contributed by atoms with E-state index in [2.05, 4.69) is 0 Å². The first-order valence-corrected chi connectivity index (χ1v) is 8.54. The summed E-state index contributed by atoms with van der Waals surface area (Å²) < 4.78 is 6.51. The zero-order valence-corrected chi connectivity index (χ0v) is 16.0. The highest BCUT2D eigenvalue weighted by Gasteiger charge is 2.21. The van der Waals surface area contributed by atoms with E-state index in [-0.39, 0.29) is 24.4 Å². The Morgan fingerprint density at radius 1 is 1.00 bits per heavy atom. The van der Waals surface area contributed by atoms with Crippen molar-refractivity contribution in [1.82, 2.24) is 9.13 Å². The number of esters is 1. The number of ether oxygens (including phenoxy) is 1. The number of halogens is 1. The molecule has 2 N–H and O–H groups in total. The summed E-state index contributed by atoms with van der Waals surface area (Å²) in [5.74, 6) is -2.22. The molecule has 0 bridgehead atoms. The summed E-state index contributed by atoms with van der Waals surface area (Å²) in [6.07, 6.45) is -0.353. The Labute approximate surface area is 164 Å². The van der Waals surface area contributed by atoms with Crippen LogP contribution in [0.5, 0.6) is 0 Å². The SMILES string of the molecule is Cn1c(N)c(C(=O)COC(=O)CCC(=O)c2ccc(Cl)cc2)c(=O)n(C)c1=O. The maximum absolute atomic E-state index is 12.2. The Bertz CT molecular complexity index is 1050. The van der Waals surface area contributed by atoms with Crippen molar-refractivity contribution in [1.29, 1.82) is 0 Å². The standard InChI is InChI=1S/C18H18ClN3O6/c1-21-16(20)15(17(26)22(2)18(21)27)13(24)9-28-14(25)8-7-12(23)10-3-5-11(19)6-4-10/h3-6H,7-9,20H2,1-2H3. The molecule has 0 aliphatic heterocycles. The first-order chi connectivity index (χ1) is 13.1. The first kappa shape index (κ1) is 21.1. The second kappa shape index (κ2) is 8.66. The third kappa shape index (κ3) is 4.55. The minimum atomic E-state index is -0.875. The average Bonchev–Trinajstić information content (AvgIpc) is 2.68. The van der Waals surface area contributed by atoms with Gasteiger partial charge < -0.3 is 10.5 Å². The van der Waals surface area contributed by atoms with Gasteiger partial charge in [-0.3, -0.25) is 28.3 Å². The molecule has 148 valence electrons. The minimum absolute atomic E-state index is 0.113. The second-order valence-electron chi connectivity index (χ2n) is 5.98. The second-order valence-corrected chi connectivity index (χ2v) is 6.42. The van der Waals surface area contributed by atoms with Crippen LogP contribution in [0, 0.1) is 0 Å². The Balaban J connectivity index is 1.97. The van der Waals surface area contributed by atoms with E-state index >= 15 is 0 Å². The highest BCUT2D eigenvalue weighted by Crippen LogP contribution is 2.12. The zero-order chi connectivity index (χ0) is 21.0. The highest BCUT2D eigenvalue weighted by atomic mass is 35.5. The summed E-state index contributed by atoms with van der Waals surface area (Å²) in [4.78, 5) is 59.9. The Hall–Kier alpha value is -3.20. The van der Waals surface area contributed by atoms with Crippen LogP contribution in [0.2, 0.25) is 5.02 Å². The number of nitrogens with two attached hydrogens (primary N) is 1. The molecule has 9 nitrogen and oxygen atoms in total. The van der Waals surface area contributed by atoms with Gasteiger partial charge in [0.25, 0.3) is 5.56 Å². The van der Waals surface area contributed by atoms with Gasteiger partial charge in [0.2, 0.25) is 5.78 Å². The molecule has 0 unspecified atom stereocenters. The highest BCUT2D eigenvalue weighted by molar-refractivity contribution is 6.30. The topological polar surface area (TPSA) is 130 Å². The molecule has 2 rings (SSSR count). The number of hydrogen-bond acceptors (Lipinski definition) is 7. The number of rotatable bonds is 7. The number of carbonyl (C=O) groups excluding carboxylic acids is 3. The number of carbonyl (C=O) groups is 3. The van der Waals surface area contributed by atoms with Gasteiger partial charge in [-0.05, 0) is 24.3 Å². The number of nitrogen functional groups attached to an aromatic ring is 1. The summed E-state index contributed by atoms with van der Waals surface area (Å²) in [5, 5.41) is 0.485. The Morgan fingerprint density at radius 3 is 2.21 bits per heavy atom. The third-order valence-corrected chi connectivity index (χ3v) is 4.33. The molecule has 0 fully saturated rings. The normalized spacial score (nSPS) is 10.5. The molecule has 0 radical (unpaired) electrons. The predicted octanol–water partition coefficient (Wildman–Crippen LogP) is 0.709. The van der Waals surface area contributed by atoms with Crippen molar-refractivity contribution < 1.29 is 19.1 Å². The lowest BCUT2D eigenvalue weighted by Crippen LogP contribution is -2.42. The fourth-order valence-electron chi connectivity index (χ4n) is 2.41. The fraction of sp³-hybridized carbons (Fsp3) is 0.278. The molecular formula is C18H18ClN3O6. The first-order valence-electron chi connectivity index (χ1n) is 8.16. The molecular weight excluding hydrogens is 390 g/mol. The van der Waals surface area contributed by atoms with Crippen molar-refractivity contribution in [3.63, 3.8) is 0 Å². The summed E-state index contributed by atoms with van der Waals surface area (Å²) >= 11 is 5.75. The average molecular weight is 408 g/mol. The van der Waals surface area contributed by atoms with E-state index in [0.717, 1.165) is 9.13 Å².